The Morgan fingerprint density at radius 2 is 1.95 bits per heavy atom. The smallest absolute Gasteiger partial charge is 0.106 e. The molecule has 1 fully saturated rings. The molecular weight excluding hydrogens is 234 g/mol. The Morgan fingerprint density at radius 1 is 1.21 bits per heavy atom. The van der Waals surface area contributed by atoms with Gasteiger partial charge >= 0.3 is 0 Å². The fourth-order valence-corrected chi connectivity index (χ4v) is 3.83. The summed E-state index contributed by atoms with van der Waals surface area (Å²) in [5.41, 5.74) is 2.81. The summed E-state index contributed by atoms with van der Waals surface area (Å²) in [6.45, 7) is 7.81. The van der Waals surface area contributed by atoms with Crippen LogP contribution in [0.3, 0.4) is 0 Å². The number of nitrogens with zero attached hydrogens (tertiary/aromatic N) is 2. The van der Waals surface area contributed by atoms with Gasteiger partial charge in [0, 0.05) is 31.7 Å². The SMILES string of the molecule is CCC1CCC(Cn2c(C)nc3c2CCNC3)CC1. The molecule has 106 valence electrons. The number of nitrogens with one attached hydrogen (secondary N) is 1. The van der Waals surface area contributed by atoms with Gasteiger partial charge in [0.2, 0.25) is 0 Å². The van der Waals surface area contributed by atoms with Crippen molar-refractivity contribution >= 4 is 0 Å². The van der Waals surface area contributed by atoms with Crippen molar-refractivity contribution in [2.45, 2.75) is 65.5 Å². The molecule has 19 heavy (non-hydrogen) atoms. The molecule has 1 aliphatic carbocycles. The first-order chi connectivity index (χ1) is 9.28. The molecule has 1 saturated carbocycles. The molecule has 3 nitrogen and oxygen atoms in total. The standard InChI is InChI=1S/C16H27N3/c1-3-13-4-6-14(7-5-13)11-19-12(2)18-15-10-17-9-8-16(15)19/h13-14,17H,3-11H2,1-2H3. The number of hydrogen-bond donors (Lipinski definition) is 1. The average molecular weight is 261 g/mol. The Hall–Kier alpha value is -0.830. The van der Waals surface area contributed by atoms with E-state index >= 15 is 0 Å². The van der Waals surface area contributed by atoms with Gasteiger partial charge < -0.3 is 9.88 Å². The van der Waals surface area contributed by atoms with E-state index in [-0.39, 0.29) is 0 Å². The molecule has 0 bridgehead atoms. The molecule has 1 aromatic heterocycles. The second-order valence-electron chi connectivity index (χ2n) is 6.38. The third-order valence-electron chi connectivity index (χ3n) is 5.16. The highest BCUT2D eigenvalue weighted by molar-refractivity contribution is 5.19. The van der Waals surface area contributed by atoms with Crippen molar-refractivity contribution in [3.8, 4) is 0 Å². The first-order valence-electron chi connectivity index (χ1n) is 8.03. The van der Waals surface area contributed by atoms with Crippen LogP contribution in [0.2, 0.25) is 0 Å². The molecule has 2 aliphatic rings. The van der Waals surface area contributed by atoms with E-state index in [1.165, 1.54) is 55.9 Å². The van der Waals surface area contributed by atoms with E-state index in [9.17, 15) is 0 Å². The van der Waals surface area contributed by atoms with Crippen molar-refractivity contribution in [2.75, 3.05) is 6.54 Å². The predicted octanol–water partition coefficient (Wildman–Crippen LogP) is 3.05. The Bertz CT molecular complexity index is 427. The zero-order valence-electron chi connectivity index (χ0n) is 12.4. The summed E-state index contributed by atoms with van der Waals surface area (Å²) in [5.74, 6) is 3.11. The normalized spacial score (nSPS) is 27.3. The number of fused-ring (bicyclic) bond motifs is 1. The number of aryl methyl sites for hydroxylation is 1. The maximum Gasteiger partial charge on any atom is 0.106 e. The molecule has 0 aromatic carbocycles. The van der Waals surface area contributed by atoms with Crippen LogP contribution in [0, 0.1) is 18.8 Å². The molecule has 0 unspecified atom stereocenters. The molecule has 0 amide bonds. The Balaban J connectivity index is 1.68. The molecule has 0 spiro atoms. The van der Waals surface area contributed by atoms with Gasteiger partial charge in [-0.05, 0) is 31.6 Å². The van der Waals surface area contributed by atoms with Gasteiger partial charge in [0.15, 0.2) is 0 Å². The van der Waals surface area contributed by atoms with Crippen molar-refractivity contribution < 1.29 is 0 Å². The Kier molecular flexibility index (Phi) is 3.92. The van der Waals surface area contributed by atoms with Crippen LogP contribution in [-0.2, 0) is 19.5 Å². The second kappa shape index (κ2) is 5.66. The van der Waals surface area contributed by atoms with E-state index < -0.39 is 0 Å². The highest BCUT2D eigenvalue weighted by Gasteiger charge is 2.23. The van der Waals surface area contributed by atoms with E-state index in [4.69, 9.17) is 4.98 Å². The van der Waals surface area contributed by atoms with Gasteiger partial charge in [0.1, 0.15) is 5.82 Å². The van der Waals surface area contributed by atoms with Gasteiger partial charge in [-0.3, -0.25) is 0 Å². The third-order valence-corrected chi connectivity index (χ3v) is 5.16. The number of hydrogen-bond acceptors (Lipinski definition) is 2. The number of rotatable bonds is 3. The monoisotopic (exact) mass is 261 g/mol. The summed E-state index contributed by atoms with van der Waals surface area (Å²) in [7, 11) is 0. The predicted molar refractivity (Wildman–Crippen MR) is 78.1 cm³/mol. The average Bonchev–Trinajstić information content (AvgIpc) is 2.76. The van der Waals surface area contributed by atoms with Crippen LogP contribution in [0.25, 0.3) is 0 Å². The van der Waals surface area contributed by atoms with E-state index in [1.807, 2.05) is 0 Å². The molecule has 3 rings (SSSR count). The third kappa shape index (κ3) is 2.71. The minimum absolute atomic E-state index is 0.884. The van der Waals surface area contributed by atoms with Crippen LogP contribution in [-0.4, -0.2) is 16.1 Å². The second-order valence-corrected chi connectivity index (χ2v) is 6.38. The molecule has 0 radical (unpaired) electrons. The van der Waals surface area contributed by atoms with Crippen LogP contribution in [0.4, 0.5) is 0 Å². The van der Waals surface area contributed by atoms with Gasteiger partial charge in [-0.1, -0.05) is 26.2 Å². The quantitative estimate of drug-likeness (QED) is 0.906. The number of imidazole rings is 1. The fourth-order valence-electron chi connectivity index (χ4n) is 3.83. The van der Waals surface area contributed by atoms with Crippen LogP contribution in [0.1, 0.15) is 56.2 Å². The van der Waals surface area contributed by atoms with Gasteiger partial charge in [-0.15, -0.1) is 0 Å². The molecule has 1 N–H and O–H groups in total. The summed E-state index contributed by atoms with van der Waals surface area (Å²) in [6, 6.07) is 0. The molecular formula is C16H27N3. The van der Waals surface area contributed by atoms with E-state index in [1.54, 1.807) is 0 Å². The summed E-state index contributed by atoms with van der Waals surface area (Å²) >= 11 is 0. The van der Waals surface area contributed by atoms with Crippen LogP contribution in [0.5, 0.6) is 0 Å². The van der Waals surface area contributed by atoms with Gasteiger partial charge in [-0.2, -0.15) is 0 Å². The van der Waals surface area contributed by atoms with Gasteiger partial charge in [0.25, 0.3) is 0 Å². The lowest BCUT2D eigenvalue weighted by atomic mass is 9.81. The van der Waals surface area contributed by atoms with E-state index in [0.717, 1.165) is 31.3 Å². The zero-order valence-corrected chi connectivity index (χ0v) is 12.4. The van der Waals surface area contributed by atoms with Crippen molar-refractivity contribution in [1.82, 2.24) is 14.9 Å². The minimum atomic E-state index is 0.884. The summed E-state index contributed by atoms with van der Waals surface area (Å²) < 4.78 is 2.52. The van der Waals surface area contributed by atoms with Crippen LogP contribution >= 0.6 is 0 Å². The summed E-state index contributed by atoms with van der Waals surface area (Å²) in [4.78, 5) is 4.75. The van der Waals surface area contributed by atoms with Crippen molar-refractivity contribution in [2.24, 2.45) is 11.8 Å². The zero-order chi connectivity index (χ0) is 13.2. The van der Waals surface area contributed by atoms with Crippen LogP contribution in [0.15, 0.2) is 0 Å². The molecule has 1 aromatic rings. The molecule has 1 aliphatic heterocycles. The largest absolute Gasteiger partial charge is 0.332 e. The van der Waals surface area contributed by atoms with Gasteiger partial charge in [0.05, 0.1) is 5.69 Å². The Labute approximate surface area is 116 Å². The maximum atomic E-state index is 4.75. The van der Waals surface area contributed by atoms with E-state index in [2.05, 4.69) is 23.7 Å². The van der Waals surface area contributed by atoms with Crippen molar-refractivity contribution in [1.29, 1.82) is 0 Å². The lowest BCUT2D eigenvalue weighted by molar-refractivity contribution is 0.245. The topological polar surface area (TPSA) is 29.9 Å². The highest BCUT2D eigenvalue weighted by Crippen LogP contribution is 2.32. The Morgan fingerprint density at radius 3 is 2.68 bits per heavy atom. The summed E-state index contributed by atoms with van der Waals surface area (Å²) in [6.07, 6.45) is 8.25. The maximum absolute atomic E-state index is 4.75. The molecule has 2 heterocycles. The molecule has 3 heteroatoms. The lowest BCUT2D eigenvalue weighted by Gasteiger charge is -2.29. The van der Waals surface area contributed by atoms with E-state index in [0.29, 0.717) is 0 Å². The van der Waals surface area contributed by atoms with Crippen molar-refractivity contribution in [3.05, 3.63) is 17.2 Å². The number of aromatic nitrogens is 2. The lowest BCUT2D eigenvalue weighted by Crippen LogP contribution is -2.26. The fraction of sp³-hybridized carbons (Fsp3) is 0.812. The molecule has 0 saturated heterocycles. The highest BCUT2D eigenvalue weighted by atomic mass is 15.1. The first kappa shape index (κ1) is 13.2. The molecule has 0 atom stereocenters. The minimum Gasteiger partial charge on any atom is -0.332 e. The van der Waals surface area contributed by atoms with Crippen LogP contribution < -0.4 is 5.32 Å². The first-order valence-corrected chi connectivity index (χ1v) is 8.03. The summed E-state index contributed by atoms with van der Waals surface area (Å²) in [5, 5.41) is 3.42. The van der Waals surface area contributed by atoms with Gasteiger partial charge in [-0.25, -0.2) is 4.98 Å². The van der Waals surface area contributed by atoms with Crippen molar-refractivity contribution in [3.63, 3.8) is 0 Å².